The Kier molecular flexibility index (Phi) is 8.34. The van der Waals surface area contributed by atoms with E-state index in [4.69, 9.17) is 9.47 Å². The Labute approximate surface area is 145 Å². The van der Waals surface area contributed by atoms with E-state index < -0.39 is 23.4 Å². The third kappa shape index (κ3) is 6.76. The topological polar surface area (TPSA) is 120 Å². The van der Waals surface area contributed by atoms with Gasteiger partial charge < -0.3 is 20.1 Å². The van der Waals surface area contributed by atoms with Gasteiger partial charge in [0.25, 0.3) is 11.6 Å². The van der Waals surface area contributed by atoms with Gasteiger partial charge >= 0.3 is 5.97 Å². The van der Waals surface area contributed by atoms with Crippen molar-refractivity contribution in [1.29, 1.82) is 0 Å². The Balaban J connectivity index is 2.83. The van der Waals surface area contributed by atoms with E-state index in [1.54, 1.807) is 0 Å². The zero-order valence-corrected chi connectivity index (χ0v) is 14.5. The van der Waals surface area contributed by atoms with Crippen LogP contribution in [0.25, 0.3) is 0 Å². The number of non-ortho nitro benzene ring substituents is 1. The monoisotopic (exact) mass is 353 g/mol. The summed E-state index contributed by atoms with van der Waals surface area (Å²) in [5.41, 5.74) is 0.116. The molecule has 1 aromatic carbocycles. The second-order valence-corrected chi connectivity index (χ2v) is 5.36. The molecular formula is C16H23N3O6. The van der Waals surface area contributed by atoms with Crippen LogP contribution in [0.4, 0.5) is 11.4 Å². The summed E-state index contributed by atoms with van der Waals surface area (Å²) in [6, 6.07) is 3.78. The molecule has 2 N–H and O–H groups in total. The van der Waals surface area contributed by atoms with Crippen molar-refractivity contribution in [3.8, 4) is 0 Å². The largest absolute Gasteiger partial charge is 0.452 e. The zero-order chi connectivity index (χ0) is 18.8. The molecule has 0 saturated carbocycles. The molecule has 1 amide bonds. The van der Waals surface area contributed by atoms with E-state index in [1.165, 1.54) is 19.2 Å². The van der Waals surface area contributed by atoms with Crippen LogP contribution < -0.4 is 10.6 Å². The minimum absolute atomic E-state index is 0.0124. The fraction of sp³-hybridized carbons (Fsp3) is 0.500. The molecule has 0 aliphatic carbocycles. The summed E-state index contributed by atoms with van der Waals surface area (Å²) in [5.74, 6) is -1.25. The number of nitro benzene ring substituents is 1. The molecule has 0 unspecified atom stereocenters. The first-order valence-electron chi connectivity index (χ1n) is 7.86. The van der Waals surface area contributed by atoms with Crippen molar-refractivity contribution in [3.05, 3.63) is 33.9 Å². The van der Waals surface area contributed by atoms with Crippen molar-refractivity contribution in [3.63, 3.8) is 0 Å². The number of anilines is 1. The lowest BCUT2D eigenvalue weighted by atomic mass is 10.1. The van der Waals surface area contributed by atoms with Crippen LogP contribution in [0.5, 0.6) is 0 Å². The molecule has 0 spiro atoms. The Hall–Kier alpha value is -2.68. The number of nitro groups is 1. The molecule has 0 aliphatic rings. The maximum absolute atomic E-state index is 12.2. The van der Waals surface area contributed by atoms with Crippen LogP contribution in [-0.4, -0.2) is 49.7 Å². The standard InChI is InChI=1S/C16H23N3O6/c1-4-11(2)18-15(20)10-25-16(21)13-9-12(19(22)23)5-6-14(13)17-7-8-24-3/h5-6,9,11,17H,4,7-8,10H2,1-3H3,(H,18,20)/t11-/m0/s1. The molecule has 1 rings (SSSR count). The summed E-state index contributed by atoms with van der Waals surface area (Å²) in [7, 11) is 1.53. The normalized spacial score (nSPS) is 11.5. The molecule has 25 heavy (non-hydrogen) atoms. The third-order valence-electron chi connectivity index (χ3n) is 3.41. The highest BCUT2D eigenvalue weighted by Crippen LogP contribution is 2.23. The molecule has 138 valence electrons. The number of rotatable bonds is 10. The second kappa shape index (κ2) is 10.2. The summed E-state index contributed by atoms with van der Waals surface area (Å²) in [6.45, 7) is 4.09. The number of carbonyl (C=O) groups excluding carboxylic acids is 2. The maximum atomic E-state index is 12.2. The Morgan fingerprint density at radius 3 is 2.68 bits per heavy atom. The number of hydrogen-bond donors (Lipinski definition) is 2. The minimum atomic E-state index is -0.817. The maximum Gasteiger partial charge on any atom is 0.341 e. The van der Waals surface area contributed by atoms with E-state index in [0.29, 0.717) is 18.8 Å². The summed E-state index contributed by atoms with van der Waals surface area (Å²) >= 11 is 0. The van der Waals surface area contributed by atoms with Gasteiger partial charge in [0, 0.05) is 37.5 Å². The highest BCUT2D eigenvalue weighted by molar-refractivity contribution is 5.97. The molecule has 0 aromatic heterocycles. The number of amides is 1. The second-order valence-electron chi connectivity index (χ2n) is 5.36. The van der Waals surface area contributed by atoms with Gasteiger partial charge in [-0.1, -0.05) is 6.92 Å². The zero-order valence-electron chi connectivity index (χ0n) is 14.5. The molecule has 1 aromatic rings. The lowest BCUT2D eigenvalue weighted by Crippen LogP contribution is -2.35. The average molecular weight is 353 g/mol. The number of carbonyl (C=O) groups is 2. The highest BCUT2D eigenvalue weighted by Gasteiger charge is 2.19. The van der Waals surface area contributed by atoms with Gasteiger partial charge in [-0.2, -0.15) is 0 Å². The van der Waals surface area contributed by atoms with E-state index in [-0.39, 0.29) is 17.3 Å². The Bertz CT molecular complexity index is 620. The van der Waals surface area contributed by atoms with E-state index >= 15 is 0 Å². The lowest BCUT2D eigenvalue weighted by molar-refractivity contribution is -0.384. The highest BCUT2D eigenvalue weighted by atomic mass is 16.6. The van der Waals surface area contributed by atoms with Gasteiger partial charge in [-0.15, -0.1) is 0 Å². The van der Waals surface area contributed by atoms with Gasteiger partial charge in [-0.05, 0) is 19.4 Å². The van der Waals surface area contributed by atoms with Gasteiger partial charge in [0.15, 0.2) is 6.61 Å². The molecule has 0 bridgehead atoms. The van der Waals surface area contributed by atoms with Gasteiger partial charge in [0.1, 0.15) is 0 Å². The van der Waals surface area contributed by atoms with Crippen molar-refractivity contribution in [2.75, 3.05) is 32.2 Å². The molecule has 0 heterocycles. The van der Waals surface area contributed by atoms with Crippen molar-refractivity contribution >= 4 is 23.3 Å². The van der Waals surface area contributed by atoms with Gasteiger partial charge in [-0.3, -0.25) is 14.9 Å². The number of esters is 1. The van der Waals surface area contributed by atoms with Crippen molar-refractivity contribution < 1.29 is 24.0 Å². The first kappa shape index (κ1) is 20.4. The van der Waals surface area contributed by atoms with Crippen molar-refractivity contribution in [1.82, 2.24) is 5.32 Å². The number of nitrogens with one attached hydrogen (secondary N) is 2. The van der Waals surface area contributed by atoms with Crippen LogP contribution in [0.3, 0.4) is 0 Å². The van der Waals surface area contributed by atoms with Crippen LogP contribution >= 0.6 is 0 Å². The molecule has 0 saturated heterocycles. The molecule has 0 aliphatic heterocycles. The van der Waals surface area contributed by atoms with E-state index in [0.717, 1.165) is 12.5 Å². The predicted molar refractivity (Wildman–Crippen MR) is 91.6 cm³/mol. The fourth-order valence-corrected chi connectivity index (χ4v) is 1.88. The molecule has 1 atom stereocenters. The van der Waals surface area contributed by atoms with Crippen LogP contribution in [0, 0.1) is 10.1 Å². The Morgan fingerprint density at radius 1 is 1.36 bits per heavy atom. The average Bonchev–Trinajstić information content (AvgIpc) is 2.59. The predicted octanol–water partition coefficient (Wildman–Crippen LogP) is 1.72. The molecule has 0 radical (unpaired) electrons. The number of nitrogens with zero attached hydrogens (tertiary/aromatic N) is 1. The number of hydrogen-bond acceptors (Lipinski definition) is 7. The lowest BCUT2D eigenvalue weighted by Gasteiger charge is -2.13. The molecular weight excluding hydrogens is 330 g/mol. The van der Waals surface area contributed by atoms with E-state index in [1.807, 2.05) is 13.8 Å². The fourth-order valence-electron chi connectivity index (χ4n) is 1.88. The van der Waals surface area contributed by atoms with E-state index in [2.05, 4.69) is 10.6 Å². The Morgan fingerprint density at radius 2 is 2.08 bits per heavy atom. The van der Waals surface area contributed by atoms with E-state index in [9.17, 15) is 19.7 Å². The number of benzene rings is 1. The molecule has 9 heteroatoms. The minimum Gasteiger partial charge on any atom is -0.452 e. The third-order valence-corrected chi connectivity index (χ3v) is 3.41. The molecule has 9 nitrogen and oxygen atoms in total. The quantitative estimate of drug-likeness (QED) is 0.284. The van der Waals surface area contributed by atoms with Crippen molar-refractivity contribution in [2.45, 2.75) is 26.3 Å². The first-order valence-corrected chi connectivity index (χ1v) is 7.86. The van der Waals surface area contributed by atoms with Gasteiger partial charge in [0.2, 0.25) is 0 Å². The summed E-state index contributed by atoms with van der Waals surface area (Å²) in [6.07, 6.45) is 0.748. The summed E-state index contributed by atoms with van der Waals surface area (Å²) < 4.78 is 9.88. The number of ether oxygens (including phenoxy) is 2. The van der Waals surface area contributed by atoms with Crippen LogP contribution in [-0.2, 0) is 14.3 Å². The SMILES string of the molecule is CC[C@H](C)NC(=O)COC(=O)c1cc([N+](=O)[O-])ccc1NCCOC. The van der Waals surface area contributed by atoms with Gasteiger partial charge in [0.05, 0.1) is 17.1 Å². The van der Waals surface area contributed by atoms with Crippen LogP contribution in [0.15, 0.2) is 18.2 Å². The first-order chi connectivity index (χ1) is 11.9. The van der Waals surface area contributed by atoms with Crippen molar-refractivity contribution in [2.24, 2.45) is 0 Å². The van der Waals surface area contributed by atoms with Crippen LogP contribution in [0.2, 0.25) is 0 Å². The summed E-state index contributed by atoms with van der Waals surface area (Å²) in [5, 5.41) is 16.5. The molecule has 0 fully saturated rings. The van der Waals surface area contributed by atoms with Gasteiger partial charge in [-0.25, -0.2) is 4.79 Å². The summed E-state index contributed by atoms with van der Waals surface area (Å²) in [4.78, 5) is 34.2. The number of methoxy groups -OCH3 is 1. The van der Waals surface area contributed by atoms with Crippen LogP contribution in [0.1, 0.15) is 30.6 Å². The smallest absolute Gasteiger partial charge is 0.341 e.